The summed E-state index contributed by atoms with van der Waals surface area (Å²) in [4.78, 5) is 1.44. The fraction of sp³-hybridized carbons (Fsp3) is 0.0769. The van der Waals surface area contributed by atoms with Crippen molar-refractivity contribution < 1.29 is 13.9 Å². The Balaban J connectivity index is 2.29. The van der Waals surface area contributed by atoms with Crippen molar-refractivity contribution in [1.29, 1.82) is 0 Å². The molecule has 0 saturated heterocycles. The van der Waals surface area contributed by atoms with Gasteiger partial charge in [0.25, 0.3) is 0 Å². The van der Waals surface area contributed by atoms with Gasteiger partial charge >= 0.3 is 0 Å². The lowest BCUT2D eigenvalue weighted by atomic mass is 10.2. The third kappa shape index (κ3) is 3.05. The molecule has 0 unspecified atom stereocenters. The average molecular weight is 252 g/mol. The standard InChI is InChI=1S/C13H10F2OS/c14-10-2-1-3-12(7-10)17-13-5-4-11(15)6-9(13)8-16/h1-7,16H,8H2. The third-order valence-electron chi connectivity index (χ3n) is 2.22. The van der Waals surface area contributed by atoms with E-state index in [1.54, 1.807) is 18.2 Å². The molecule has 0 aliphatic carbocycles. The Morgan fingerprint density at radius 2 is 1.76 bits per heavy atom. The van der Waals surface area contributed by atoms with Crippen LogP contribution in [0.5, 0.6) is 0 Å². The van der Waals surface area contributed by atoms with E-state index in [0.717, 1.165) is 4.90 Å². The van der Waals surface area contributed by atoms with Gasteiger partial charge in [0.1, 0.15) is 11.6 Å². The van der Waals surface area contributed by atoms with E-state index in [-0.39, 0.29) is 12.4 Å². The highest BCUT2D eigenvalue weighted by atomic mass is 32.2. The summed E-state index contributed by atoms with van der Waals surface area (Å²) in [5, 5.41) is 9.12. The van der Waals surface area contributed by atoms with Crippen LogP contribution in [-0.4, -0.2) is 5.11 Å². The van der Waals surface area contributed by atoms with E-state index in [1.165, 1.54) is 36.0 Å². The average Bonchev–Trinajstić information content (AvgIpc) is 2.31. The summed E-state index contributed by atoms with van der Waals surface area (Å²) in [6.45, 7) is -0.241. The third-order valence-corrected chi connectivity index (χ3v) is 3.32. The van der Waals surface area contributed by atoms with E-state index in [4.69, 9.17) is 5.11 Å². The molecule has 0 bridgehead atoms. The molecule has 1 nitrogen and oxygen atoms in total. The maximum absolute atomic E-state index is 13.0. The van der Waals surface area contributed by atoms with Gasteiger partial charge in [-0.2, -0.15) is 0 Å². The van der Waals surface area contributed by atoms with E-state index in [1.807, 2.05) is 0 Å². The lowest BCUT2D eigenvalue weighted by molar-refractivity contribution is 0.278. The van der Waals surface area contributed by atoms with Gasteiger partial charge in [-0.05, 0) is 42.0 Å². The molecule has 1 N–H and O–H groups in total. The van der Waals surface area contributed by atoms with Crippen LogP contribution in [-0.2, 0) is 6.61 Å². The Bertz CT molecular complexity index is 529. The monoisotopic (exact) mass is 252 g/mol. The van der Waals surface area contributed by atoms with Crippen molar-refractivity contribution in [2.45, 2.75) is 16.4 Å². The van der Waals surface area contributed by atoms with Crippen molar-refractivity contribution in [2.24, 2.45) is 0 Å². The Labute approximate surface area is 102 Å². The van der Waals surface area contributed by atoms with Gasteiger partial charge in [0.05, 0.1) is 6.61 Å². The van der Waals surface area contributed by atoms with Gasteiger partial charge in [0.2, 0.25) is 0 Å². The molecule has 0 aliphatic rings. The smallest absolute Gasteiger partial charge is 0.124 e. The lowest BCUT2D eigenvalue weighted by Crippen LogP contribution is -1.89. The predicted molar refractivity (Wildman–Crippen MR) is 62.8 cm³/mol. The highest BCUT2D eigenvalue weighted by Crippen LogP contribution is 2.31. The van der Waals surface area contributed by atoms with Crippen LogP contribution in [0, 0.1) is 11.6 Å². The molecule has 0 amide bonds. The number of aliphatic hydroxyl groups is 1. The Morgan fingerprint density at radius 3 is 2.47 bits per heavy atom. The van der Waals surface area contributed by atoms with Crippen molar-refractivity contribution in [3.63, 3.8) is 0 Å². The zero-order valence-corrected chi connectivity index (χ0v) is 9.68. The van der Waals surface area contributed by atoms with Crippen LogP contribution in [0.25, 0.3) is 0 Å². The first-order chi connectivity index (χ1) is 8.19. The summed E-state index contributed by atoms with van der Waals surface area (Å²) in [5.74, 6) is -0.708. The molecule has 0 radical (unpaired) electrons. The van der Waals surface area contributed by atoms with Crippen molar-refractivity contribution in [3.8, 4) is 0 Å². The van der Waals surface area contributed by atoms with Gasteiger partial charge in [-0.25, -0.2) is 8.78 Å². The van der Waals surface area contributed by atoms with E-state index >= 15 is 0 Å². The SMILES string of the molecule is OCc1cc(F)ccc1Sc1cccc(F)c1. The maximum Gasteiger partial charge on any atom is 0.124 e. The number of halogens is 2. The van der Waals surface area contributed by atoms with E-state index in [9.17, 15) is 8.78 Å². The number of hydrogen-bond donors (Lipinski definition) is 1. The Hall–Kier alpha value is -1.39. The van der Waals surface area contributed by atoms with Gasteiger partial charge in [0, 0.05) is 9.79 Å². The van der Waals surface area contributed by atoms with E-state index in [2.05, 4.69) is 0 Å². The molecule has 2 rings (SSSR count). The quantitative estimate of drug-likeness (QED) is 0.900. The summed E-state index contributed by atoms with van der Waals surface area (Å²) >= 11 is 1.29. The Kier molecular flexibility index (Phi) is 3.76. The van der Waals surface area contributed by atoms with Crippen LogP contribution >= 0.6 is 11.8 Å². The first kappa shape index (κ1) is 12.1. The highest BCUT2D eigenvalue weighted by Gasteiger charge is 2.05. The summed E-state index contributed by atoms with van der Waals surface area (Å²) in [7, 11) is 0. The molecule has 4 heteroatoms. The van der Waals surface area contributed by atoms with Gasteiger partial charge in [-0.1, -0.05) is 17.8 Å². The molecule has 0 aromatic heterocycles. The second-order valence-corrected chi connectivity index (χ2v) is 4.58. The van der Waals surface area contributed by atoms with Crippen molar-refractivity contribution >= 4 is 11.8 Å². The topological polar surface area (TPSA) is 20.2 Å². The number of benzene rings is 2. The second-order valence-electron chi connectivity index (χ2n) is 3.47. The minimum atomic E-state index is -0.391. The molecule has 0 aliphatic heterocycles. The van der Waals surface area contributed by atoms with E-state index in [0.29, 0.717) is 10.5 Å². The van der Waals surface area contributed by atoms with Crippen LogP contribution < -0.4 is 0 Å². The van der Waals surface area contributed by atoms with Crippen LogP contribution in [0.1, 0.15) is 5.56 Å². The van der Waals surface area contributed by atoms with Crippen molar-refractivity contribution in [2.75, 3.05) is 0 Å². The summed E-state index contributed by atoms with van der Waals surface area (Å²) in [5.41, 5.74) is 0.499. The summed E-state index contributed by atoms with van der Waals surface area (Å²) in [6, 6.07) is 10.3. The van der Waals surface area contributed by atoms with Gasteiger partial charge < -0.3 is 5.11 Å². The molecule has 17 heavy (non-hydrogen) atoms. The molecule has 0 atom stereocenters. The Morgan fingerprint density at radius 1 is 1.00 bits per heavy atom. The first-order valence-corrected chi connectivity index (χ1v) is 5.83. The molecule has 88 valence electrons. The van der Waals surface area contributed by atoms with Crippen molar-refractivity contribution in [1.82, 2.24) is 0 Å². The molecule has 0 fully saturated rings. The van der Waals surface area contributed by atoms with Crippen LogP contribution in [0.2, 0.25) is 0 Å². The zero-order chi connectivity index (χ0) is 12.3. The van der Waals surface area contributed by atoms with Gasteiger partial charge in [-0.3, -0.25) is 0 Å². The van der Waals surface area contributed by atoms with Gasteiger partial charge in [-0.15, -0.1) is 0 Å². The number of aliphatic hydroxyl groups excluding tert-OH is 1. The molecular formula is C13H10F2OS. The number of hydrogen-bond acceptors (Lipinski definition) is 2. The molecular weight excluding hydrogens is 242 g/mol. The zero-order valence-electron chi connectivity index (χ0n) is 8.86. The normalized spacial score (nSPS) is 10.5. The largest absolute Gasteiger partial charge is 0.392 e. The summed E-state index contributed by atoms with van der Waals surface area (Å²) < 4.78 is 26.0. The van der Waals surface area contributed by atoms with Crippen molar-refractivity contribution in [3.05, 3.63) is 59.7 Å². The molecule has 2 aromatic rings. The van der Waals surface area contributed by atoms with Gasteiger partial charge in [0.15, 0.2) is 0 Å². The molecule has 0 spiro atoms. The van der Waals surface area contributed by atoms with Crippen LogP contribution in [0.15, 0.2) is 52.3 Å². The molecule has 0 heterocycles. The van der Waals surface area contributed by atoms with E-state index < -0.39 is 5.82 Å². The maximum atomic E-state index is 13.0. The fourth-order valence-electron chi connectivity index (χ4n) is 1.43. The second kappa shape index (κ2) is 5.29. The summed E-state index contributed by atoms with van der Waals surface area (Å²) in [6.07, 6.45) is 0. The van der Waals surface area contributed by atoms with Crippen LogP contribution in [0.4, 0.5) is 8.78 Å². The minimum absolute atomic E-state index is 0.241. The molecule has 2 aromatic carbocycles. The fourth-order valence-corrected chi connectivity index (χ4v) is 2.39. The first-order valence-electron chi connectivity index (χ1n) is 5.02. The minimum Gasteiger partial charge on any atom is -0.392 e. The highest BCUT2D eigenvalue weighted by molar-refractivity contribution is 7.99. The lowest BCUT2D eigenvalue weighted by Gasteiger charge is -2.07. The number of rotatable bonds is 3. The van der Waals surface area contributed by atoms with Crippen LogP contribution in [0.3, 0.4) is 0 Å². The predicted octanol–water partition coefficient (Wildman–Crippen LogP) is 3.61. The molecule has 0 saturated carbocycles.